The Labute approximate surface area is 299 Å². The number of hydrogen-bond acceptors (Lipinski definition) is 8. The zero-order valence-corrected chi connectivity index (χ0v) is 30.8. The van der Waals surface area contributed by atoms with Gasteiger partial charge in [-0.2, -0.15) is 0 Å². The minimum atomic E-state index is -1.11. The van der Waals surface area contributed by atoms with Crippen molar-refractivity contribution in [3.8, 4) is 21.8 Å². The van der Waals surface area contributed by atoms with Crippen molar-refractivity contribution in [1.29, 1.82) is 0 Å². The second kappa shape index (κ2) is 19.7. The predicted molar refractivity (Wildman–Crippen MR) is 210 cm³/mol. The van der Waals surface area contributed by atoms with Gasteiger partial charge in [-0.1, -0.05) is 67.1 Å². The van der Waals surface area contributed by atoms with Crippen LogP contribution in [0.2, 0.25) is 0 Å². The summed E-state index contributed by atoms with van der Waals surface area (Å²) >= 11 is 3.01. The fraction of sp³-hybridized carbons (Fsp3) is 0.225. The van der Waals surface area contributed by atoms with Gasteiger partial charge in [0.15, 0.2) is 0 Å². The lowest BCUT2D eigenvalue weighted by molar-refractivity contribution is 0.402. The quantitative estimate of drug-likeness (QED) is 0.132. The number of nitrogens with zero attached hydrogens (tertiary/aromatic N) is 4. The third kappa shape index (κ3) is 11.3. The normalized spacial score (nSPS) is 12.7. The maximum absolute atomic E-state index is 12.9. The Morgan fingerprint density at radius 3 is 2.31 bits per heavy atom. The van der Waals surface area contributed by atoms with Gasteiger partial charge in [0.05, 0.1) is 28.2 Å². The summed E-state index contributed by atoms with van der Waals surface area (Å²) in [4.78, 5) is 16.4. The Morgan fingerprint density at radius 1 is 1.08 bits per heavy atom. The lowest BCUT2D eigenvalue weighted by atomic mass is 10.0. The summed E-state index contributed by atoms with van der Waals surface area (Å²) in [6.07, 6.45) is 5.45. The molecule has 0 aliphatic carbocycles. The molecule has 0 bridgehead atoms. The van der Waals surface area contributed by atoms with Gasteiger partial charge in [-0.3, -0.25) is 9.20 Å². The van der Waals surface area contributed by atoms with Gasteiger partial charge in [0.2, 0.25) is 0 Å². The molecular formula is C40H39N5OS3. The lowest BCUT2D eigenvalue weighted by Gasteiger charge is -2.11. The molecule has 6 nitrogen and oxygen atoms in total. The highest BCUT2D eigenvalue weighted by atomic mass is 32.2. The third-order valence-corrected chi connectivity index (χ3v) is 10.5. The van der Waals surface area contributed by atoms with E-state index in [9.17, 15) is 4.21 Å². The molecule has 248 valence electrons. The largest absolute Gasteiger partial charge is 0.396 e. The number of allylic oxidation sites excluding steroid dienone is 1. The number of thiazole rings is 1. The van der Waals surface area contributed by atoms with Crippen molar-refractivity contribution in [2.24, 2.45) is 4.99 Å². The molecule has 49 heavy (non-hydrogen) atoms. The fourth-order valence-corrected chi connectivity index (χ4v) is 7.80. The van der Waals surface area contributed by atoms with Crippen LogP contribution in [0.25, 0.3) is 32.0 Å². The molecule has 3 aromatic heterocycles. The number of hydrogen-bond donors (Lipinski definition) is 1. The number of rotatable bonds is 10. The minimum Gasteiger partial charge on any atom is -0.396 e. The van der Waals surface area contributed by atoms with Gasteiger partial charge in [0, 0.05) is 40.9 Å². The zero-order valence-electron chi connectivity index (χ0n) is 28.4. The van der Waals surface area contributed by atoms with Crippen molar-refractivity contribution in [3.63, 3.8) is 0 Å². The summed E-state index contributed by atoms with van der Waals surface area (Å²) in [5.41, 5.74) is 33.3. The second-order valence-electron chi connectivity index (χ2n) is 10.7. The molecule has 2 atom stereocenters. The highest BCUT2D eigenvalue weighted by molar-refractivity contribution is 7.87. The van der Waals surface area contributed by atoms with E-state index in [1.807, 2.05) is 12.3 Å². The number of nitrogen functional groups attached to an aromatic ring is 1. The first-order valence-corrected chi connectivity index (χ1v) is 18.3. The highest BCUT2D eigenvalue weighted by Gasteiger charge is 2.24. The van der Waals surface area contributed by atoms with Crippen molar-refractivity contribution in [3.05, 3.63) is 131 Å². The molecule has 4 aromatic rings. The van der Waals surface area contributed by atoms with Crippen molar-refractivity contribution in [1.82, 2.24) is 14.9 Å². The number of thiophene rings is 1. The molecule has 9 heteroatoms. The Hall–Kier alpha value is -5.00. The molecule has 2 unspecified atom stereocenters. The number of nitrogens with two attached hydrogens (primary N) is 1. The van der Waals surface area contributed by atoms with Crippen molar-refractivity contribution < 1.29 is 4.21 Å². The summed E-state index contributed by atoms with van der Waals surface area (Å²) in [7, 11) is 3.01. The van der Waals surface area contributed by atoms with Gasteiger partial charge in [0.25, 0.3) is 0 Å². The highest BCUT2D eigenvalue weighted by Crippen LogP contribution is 2.43. The van der Waals surface area contributed by atoms with Crippen LogP contribution in [-0.2, 0) is 17.3 Å². The van der Waals surface area contributed by atoms with Crippen LogP contribution in [-0.4, -0.2) is 50.7 Å². The van der Waals surface area contributed by atoms with Crippen molar-refractivity contribution >= 4 is 55.1 Å². The van der Waals surface area contributed by atoms with E-state index in [4.69, 9.17) is 10.7 Å². The molecule has 0 saturated carbocycles. The minimum absolute atomic E-state index is 0.335. The molecule has 5 rings (SSSR count). The van der Waals surface area contributed by atoms with Gasteiger partial charge in [0.1, 0.15) is 19.7 Å². The molecular weight excluding hydrogens is 663 g/mol. The van der Waals surface area contributed by atoms with Crippen LogP contribution in [0, 0.1) is 0 Å². The molecule has 1 aliphatic heterocycles. The van der Waals surface area contributed by atoms with Crippen LogP contribution >= 0.6 is 22.7 Å². The molecule has 0 radical (unpaired) electrons. The van der Waals surface area contributed by atoms with Crippen molar-refractivity contribution in [2.75, 3.05) is 25.6 Å². The lowest BCUT2D eigenvalue weighted by Crippen LogP contribution is -2.10. The Kier molecular flexibility index (Phi) is 15.5. The summed E-state index contributed by atoms with van der Waals surface area (Å²) in [5.74, 6) is 0.626. The Balaban J connectivity index is 0.000000296. The van der Waals surface area contributed by atoms with Crippen LogP contribution in [0.5, 0.6) is 0 Å². The predicted octanol–water partition coefficient (Wildman–Crippen LogP) is 9.25. The van der Waals surface area contributed by atoms with E-state index in [1.54, 1.807) is 23.6 Å². The maximum atomic E-state index is 12.9. The first-order chi connectivity index (χ1) is 23.7. The summed E-state index contributed by atoms with van der Waals surface area (Å²) in [6.45, 7) is 18.5. The van der Waals surface area contributed by atoms with E-state index in [2.05, 4.69) is 138 Å². The smallest absolute Gasteiger partial charge is 0.141 e. The van der Waals surface area contributed by atoms with E-state index in [0.717, 1.165) is 66.9 Å². The fourth-order valence-electron chi connectivity index (χ4n) is 4.40. The number of unbranched alkanes of at least 4 members (excludes halogenated alkanes) is 1. The van der Waals surface area contributed by atoms with E-state index < -0.39 is 10.8 Å². The number of aromatic nitrogens is 2. The number of aliphatic imine (C=N–C) groups is 1. The number of benzene rings is 1. The van der Waals surface area contributed by atoms with Crippen LogP contribution < -0.4 is 5.73 Å². The monoisotopic (exact) mass is 701 g/mol. The van der Waals surface area contributed by atoms with Crippen LogP contribution in [0.4, 0.5) is 5.69 Å². The van der Waals surface area contributed by atoms with Gasteiger partial charge >= 0.3 is 0 Å². The molecule has 1 aliphatic rings. The van der Waals surface area contributed by atoms with E-state index >= 15 is 0 Å². The maximum Gasteiger partial charge on any atom is 0.141 e. The van der Waals surface area contributed by atoms with Gasteiger partial charge in [-0.15, -0.1) is 28.4 Å². The van der Waals surface area contributed by atoms with E-state index in [1.165, 1.54) is 16.9 Å². The van der Waals surface area contributed by atoms with E-state index in [-0.39, 0.29) is 0 Å². The molecule has 4 heterocycles. The average Bonchev–Trinajstić information content (AvgIpc) is 3.44. The van der Waals surface area contributed by atoms with Crippen LogP contribution in [0.15, 0.2) is 135 Å². The van der Waals surface area contributed by atoms with Gasteiger partial charge < -0.3 is 10.6 Å². The van der Waals surface area contributed by atoms with Crippen molar-refractivity contribution in [2.45, 2.75) is 43.5 Å². The second-order valence-corrected chi connectivity index (χ2v) is 14.3. The first-order valence-electron chi connectivity index (χ1n) is 15.3. The van der Waals surface area contributed by atoms with Gasteiger partial charge in [-0.05, 0) is 87.1 Å². The Bertz CT molecular complexity index is 2140. The molecule has 0 saturated heterocycles. The SMILES string of the molecule is C=C=C=C=C=C=C.C=C=C=CC(=C=C)C1=NC1C.CCCCS(=O)c1sc2nc(-c3nccs3)cc(-c3ccc(CN(C)C)cc3)c2c1N. The summed E-state index contributed by atoms with van der Waals surface area (Å²) < 4.78 is 13.6. The Morgan fingerprint density at radius 2 is 1.78 bits per heavy atom. The zero-order chi connectivity index (χ0) is 35.8. The van der Waals surface area contributed by atoms with E-state index in [0.29, 0.717) is 17.5 Å². The summed E-state index contributed by atoms with van der Waals surface area (Å²) in [5, 5.41) is 3.71. The number of anilines is 1. The average molecular weight is 702 g/mol. The summed E-state index contributed by atoms with van der Waals surface area (Å²) in [6, 6.07) is 10.9. The molecule has 0 fully saturated rings. The van der Waals surface area contributed by atoms with Crippen LogP contribution in [0.1, 0.15) is 32.3 Å². The first kappa shape index (κ1) is 38.4. The number of pyridine rings is 1. The molecule has 0 amide bonds. The third-order valence-electron chi connectivity index (χ3n) is 6.72. The standard InChI is InChI=1S/C23H26N4OS3.C10H9N.C7H4/c1-4-5-12-31(28)23-20(24)19-17(16-8-6-15(7-9-16)14-27(2)3)13-18(26-22(19)30-23)21-25-10-11-29-21;1-4-6-7-9(5-2)10-8(3)11-10;1-3-5-7-6-4-2/h6-11,13H,4-5,12,14,24H2,1-3H3;7-8H,1-2H2,3H3;1-2H2. The van der Waals surface area contributed by atoms with Crippen LogP contribution in [0.3, 0.4) is 0 Å². The molecule has 1 aromatic carbocycles. The topological polar surface area (TPSA) is 84.5 Å². The number of fused-ring (bicyclic) bond motifs is 1. The molecule has 2 N–H and O–H groups in total. The van der Waals surface area contributed by atoms with Gasteiger partial charge in [-0.25, -0.2) is 9.97 Å². The molecule has 0 spiro atoms.